The molecule has 0 aliphatic rings. The molecule has 3 nitrogen and oxygen atoms in total. The highest BCUT2D eigenvalue weighted by Crippen LogP contribution is 2.41. The van der Waals surface area contributed by atoms with E-state index in [9.17, 15) is 10.2 Å². The number of rotatable bonds is 12. The molecule has 3 aromatic carbocycles. The fourth-order valence-corrected chi connectivity index (χ4v) is 5.48. The molecule has 170 valence electrons. The number of aryl methyl sites for hydroxylation is 2. The lowest BCUT2D eigenvalue weighted by Gasteiger charge is -2.22. The highest BCUT2D eigenvalue weighted by Gasteiger charge is 2.13. The van der Waals surface area contributed by atoms with Crippen molar-refractivity contribution in [3.63, 3.8) is 0 Å². The zero-order valence-electron chi connectivity index (χ0n) is 19.0. The molecule has 2 N–H and O–H groups in total. The topological polar surface area (TPSA) is 43.7 Å². The molecule has 0 saturated carbocycles. The van der Waals surface area contributed by atoms with E-state index in [0.29, 0.717) is 0 Å². The second-order valence-electron chi connectivity index (χ2n) is 7.96. The summed E-state index contributed by atoms with van der Waals surface area (Å²) in [6.45, 7) is 4.44. The number of aromatic hydroxyl groups is 2. The van der Waals surface area contributed by atoms with Crippen molar-refractivity contribution in [2.75, 3.05) is 3.71 Å². The van der Waals surface area contributed by atoms with E-state index < -0.39 is 0 Å². The standard InChI is InChI=1S/C27H33NO2S2/c1-3-5-6-7-9-22-10-14-23(15-11-22)28(32-25-18-19-26(29)27(30)20-25)31-24-16-12-21(8-4-2)13-17-24/h10-20,29-30H,3-9H2,1-2H3. The molecule has 32 heavy (non-hydrogen) atoms. The summed E-state index contributed by atoms with van der Waals surface area (Å²) >= 11 is 3.19. The summed E-state index contributed by atoms with van der Waals surface area (Å²) in [6.07, 6.45) is 8.43. The van der Waals surface area contributed by atoms with Crippen molar-refractivity contribution in [2.24, 2.45) is 0 Å². The minimum atomic E-state index is -0.105. The molecular formula is C27H33NO2S2. The van der Waals surface area contributed by atoms with Gasteiger partial charge in [-0.1, -0.05) is 63.8 Å². The highest BCUT2D eigenvalue weighted by atomic mass is 32.2. The second kappa shape index (κ2) is 12.7. The largest absolute Gasteiger partial charge is 0.504 e. The van der Waals surface area contributed by atoms with Crippen LogP contribution < -0.4 is 3.71 Å². The van der Waals surface area contributed by atoms with E-state index in [-0.39, 0.29) is 11.5 Å². The maximum absolute atomic E-state index is 9.92. The first kappa shape index (κ1) is 24.4. The molecule has 3 aromatic rings. The van der Waals surface area contributed by atoms with Gasteiger partial charge in [-0.2, -0.15) is 0 Å². The molecule has 0 heterocycles. The van der Waals surface area contributed by atoms with Gasteiger partial charge in [0.2, 0.25) is 0 Å². The van der Waals surface area contributed by atoms with Crippen LogP contribution in [-0.2, 0) is 12.8 Å². The van der Waals surface area contributed by atoms with Crippen LogP contribution in [0.25, 0.3) is 0 Å². The number of phenolic OH excluding ortho intramolecular Hbond substituents is 2. The molecule has 0 spiro atoms. The molecule has 0 radical (unpaired) electrons. The van der Waals surface area contributed by atoms with Crippen molar-refractivity contribution in [1.82, 2.24) is 0 Å². The van der Waals surface area contributed by atoms with E-state index >= 15 is 0 Å². The van der Waals surface area contributed by atoms with Gasteiger partial charge in [0.05, 0.1) is 5.69 Å². The number of phenols is 2. The molecule has 0 aliphatic carbocycles. The minimum absolute atomic E-state index is 0.104. The first-order valence-electron chi connectivity index (χ1n) is 11.4. The molecule has 0 amide bonds. The van der Waals surface area contributed by atoms with Gasteiger partial charge in [-0.25, -0.2) is 3.71 Å². The third kappa shape index (κ3) is 7.42. The highest BCUT2D eigenvalue weighted by molar-refractivity contribution is 8.18. The van der Waals surface area contributed by atoms with Crippen molar-refractivity contribution in [1.29, 1.82) is 0 Å². The van der Waals surface area contributed by atoms with Gasteiger partial charge >= 0.3 is 0 Å². The molecule has 0 aliphatic heterocycles. The Kier molecular flexibility index (Phi) is 9.69. The van der Waals surface area contributed by atoms with Crippen LogP contribution in [0, 0.1) is 0 Å². The molecule has 3 rings (SSSR count). The molecule has 0 fully saturated rings. The van der Waals surface area contributed by atoms with Crippen molar-refractivity contribution in [3.8, 4) is 11.5 Å². The van der Waals surface area contributed by atoms with Crippen LogP contribution in [0.15, 0.2) is 76.5 Å². The minimum Gasteiger partial charge on any atom is -0.504 e. The van der Waals surface area contributed by atoms with E-state index in [1.54, 1.807) is 18.0 Å². The third-order valence-corrected chi connectivity index (χ3v) is 7.40. The third-order valence-electron chi connectivity index (χ3n) is 5.25. The van der Waals surface area contributed by atoms with Crippen LogP contribution in [-0.4, -0.2) is 10.2 Å². The van der Waals surface area contributed by atoms with Gasteiger partial charge in [-0.15, -0.1) is 0 Å². The van der Waals surface area contributed by atoms with Gasteiger partial charge < -0.3 is 10.2 Å². The van der Waals surface area contributed by atoms with E-state index in [1.165, 1.54) is 54.8 Å². The Labute approximate surface area is 201 Å². The lowest BCUT2D eigenvalue weighted by atomic mass is 10.1. The van der Waals surface area contributed by atoms with Gasteiger partial charge in [-0.3, -0.25) is 0 Å². The Hall–Kier alpha value is -2.24. The zero-order valence-corrected chi connectivity index (χ0v) is 20.6. The summed E-state index contributed by atoms with van der Waals surface area (Å²) in [7, 11) is 0. The summed E-state index contributed by atoms with van der Waals surface area (Å²) in [5.41, 5.74) is 3.81. The normalized spacial score (nSPS) is 10.9. The SMILES string of the molecule is CCCCCCc1ccc(N(Sc2ccc(CCC)cc2)Sc2ccc(O)c(O)c2)cc1. The molecule has 0 atom stereocenters. The Bertz CT molecular complexity index is 958. The number of unbranched alkanes of at least 4 members (excludes halogenated alkanes) is 3. The second-order valence-corrected chi connectivity index (χ2v) is 10.2. The number of hydrogen-bond acceptors (Lipinski definition) is 5. The predicted octanol–water partition coefficient (Wildman–Crippen LogP) is 8.39. The van der Waals surface area contributed by atoms with E-state index in [0.717, 1.165) is 34.7 Å². The number of benzene rings is 3. The van der Waals surface area contributed by atoms with Crippen molar-refractivity contribution in [2.45, 2.75) is 68.6 Å². The summed E-state index contributed by atoms with van der Waals surface area (Å²) in [4.78, 5) is 2.02. The van der Waals surface area contributed by atoms with E-state index in [2.05, 4.69) is 66.1 Å². The first-order valence-corrected chi connectivity index (χ1v) is 13.0. The van der Waals surface area contributed by atoms with Crippen molar-refractivity contribution >= 4 is 29.6 Å². The fraction of sp³-hybridized carbons (Fsp3) is 0.333. The Morgan fingerprint density at radius 2 is 1.25 bits per heavy atom. The van der Waals surface area contributed by atoms with Crippen LogP contribution in [0.2, 0.25) is 0 Å². The molecule has 0 saturated heterocycles. The summed E-state index contributed by atoms with van der Waals surface area (Å²) in [6, 6.07) is 22.4. The number of anilines is 1. The molecular weight excluding hydrogens is 434 g/mol. The molecule has 0 unspecified atom stereocenters. The smallest absolute Gasteiger partial charge is 0.158 e. The van der Waals surface area contributed by atoms with Crippen molar-refractivity contribution < 1.29 is 10.2 Å². The lowest BCUT2D eigenvalue weighted by molar-refractivity contribution is 0.402. The van der Waals surface area contributed by atoms with Crippen LogP contribution in [0.5, 0.6) is 11.5 Å². The Morgan fingerprint density at radius 3 is 1.91 bits per heavy atom. The number of hydrogen-bond donors (Lipinski definition) is 2. The van der Waals surface area contributed by atoms with Crippen molar-refractivity contribution in [3.05, 3.63) is 77.9 Å². The monoisotopic (exact) mass is 467 g/mol. The van der Waals surface area contributed by atoms with Gasteiger partial charge in [-0.05, 0) is 96.7 Å². The first-order chi connectivity index (χ1) is 15.6. The Morgan fingerprint density at radius 1 is 0.625 bits per heavy atom. The number of nitrogens with zero attached hydrogens (tertiary/aromatic N) is 1. The van der Waals surface area contributed by atoms with Gasteiger partial charge in [0.1, 0.15) is 0 Å². The predicted molar refractivity (Wildman–Crippen MR) is 139 cm³/mol. The summed E-state index contributed by atoms with van der Waals surface area (Å²) in [5.74, 6) is -0.209. The average molecular weight is 468 g/mol. The maximum Gasteiger partial charge on any atom is 0.158 e. The van der Waals surface area contributed by atoms with Crippen LogP contribution >= 0.6 is 23.9 Å². The average Bonchev–Trinajstić information content (AvgIpc) is 2.80. The van der Waals surface area contributed by atoms with Gasteiger partial charge in [0.15, 0.2) is 11.5 Å². The van der Waals surface area contributed by atoms with Crippen LogP contribution in [0.1, 0.15) is 57.1 Å². The van der Waals surface area contributed by atoms with Gasteiger partial charge in [0.25, 0.3) is 0 Å². The zero-order chi connectivity index (χ0) is 22.8. The van der Waals surface area contributed by atoms with E-state index in [4.69, 9.17) is 0 Å². The lowest BCUT2D eigenvalue weighted by Crippen LogP contribution is -2.04. The summed E-state index contributed by atoms with van der Waals surface area (Å²) < 4.78 is 2.15. The summed E-state index contributed by atoms with van der Waals surface area (Å²) in [5, 5.41) is 19.6. The molecule has 0 bridgehead atoms. The van der Waals surface area contributed by atoms with Gasteiger partial charge in [0, 0.05) is 9.79 Å². The van der Waals surface area contributed by atoms with Crippen LogP contribution in [0.4, 0.5) is 5.69 Å². The fourth-order valence-electron chi connectivity index (χ4n) is 3.42. The van der Waals surface area contributed by atoms with Crippen LogP contribution in [0.3, 0.4) is 0 Å². The maximum atomic E-state index is 9.92. The Balaban J connectivity index is 1.76. The quantitative estimate of drug-likeness (QED) is 0.159. The molecule has 0 aromatic heterocycles. The molecule has 5 heteroatoms. The van der Waals surface area contributed by atoms with E-state index in [1.807, 2.05) is 6.07 Å².